The number of fused-ring (bicyclic) bond motifs is 1. The lowest BCUT2D eigenvalue weighted by Crippen LogP contribution is -1.97. The number of rotatable bonds is 7. The van der Waals surface area contributed by atoms with E-state index in [2.05, 4.69) is 61.5 Å². The maximum atomic E-state index is 10.8. The quantitative estimate of drug-likeness (QED) is 0.338. The Balaban J connectivity index is 1.83. The highest BCUT2D eigenvalue weighted by Crippen LogP contribution is 2.40. The fourth-order valence-electron chi connectivity index (χ4n) is 4.24. The second-order valence-corrected chi connectivity index (χ2v) is 7.77. The molecule has 0 saturated carbocycles. The third kappa shape index (κ3) is 4.57. The van der Waals surface area contributed by atoms with Crippen molar-refractivity contribution in [2.75, 3.05) is 7.11 Å². The van der Waals surface area contributed by atoms with Crippen LogP contribution in [0.15, 0.2) is 84.4 Å². The maximum absolute atomic E-state index is 10.8. The molecule has 0 unspecified atom stereocenters. The van der Waals surface area contributed by atoms with Gasteiger partial charge in [0.2, 0.25) is 0 Å². The van der Waals surface area contributed by atoms with E-state index in [-0.39, 0.29) is 0 Å². The van der Waals surface area contributed by atoms with Crippen LogP contribution < -0.4 is 4.74 Å². The first-order valence-electron chi connectivity index (χ1n) is 10.8. The molecule has 1 N–H and O–H groups in total. The van der Waals surface area contributed by atoms with Crippen molar-refractivity contribution >= 4 is 29.3 Å². The van der Waals surface area contributed by atoms with E-state index in [1.54, 1.807) is 13.2 Å². The first kappa shape index (κ1) is 21.4. The van der Waals surface area contributed by atoms with Gasteiger partial charge in [0, 0.05) is 6.08 Å². The Bertz CT molecular complexity index is 1210. The molecule has 0 aromatic heterocycles. The fourth-order valence-corrected chi connectivity index (χ4v) is 4.24. The number of carboxylic acids is 1. The van der Waals surface area contributed by atoms with Crippen molar-refractivity contribution in [3.05, 3.63) is 112 Å². The molecule has 3 nitrogen and oxygen atoms in total. The van der Waals surface area contributed by atoms with Crippen LogP contribution in [0.3, 0.4) is 0 Å². The zero-order valence-corrected chi connectivity index (χ0v) is 18.3. The van der Waals surface area contributed by atoms with E-state index in [9.17, 15) is 4.79 Å². The van der Waals surface area contributed by atoms with Gasteiger partial charge >= 0.3 is 5.97 Å². The monoisotopic (exact) mass is 422 g/mol. The SMILES string of the molecule is CC/C(=C(\C1=Cc2ccccc2C1)c1ccc(/C=C/C(=O)O)cc1)c1ccc(OC)cc1. The predicted molar refractivity (Wildman–Crippen MR) is 131 cm³/mol. The van der Waals surface area contributed by atoms with E-state index in [0.29, 0.717) is 0 Å². The highest BCUT2D eigenvalue weighted by molar-refractivity contribution is 6.02. The maximum Gasteiger partial charge on any atom is 0.328 e. The van der Waals surface area contributed by atoms with E-state index in [0.717, 1.165) is 35.8 Å². The summed E-state index contributed by atoms with van der Waals surface area (Å²) in [6.45, 7) is 2.19. The molecule has 160 valence electrons. The molecule has 3 heteroatoms. The molecule has 0 fully saturated rings. The Hall–Kier alpha value is -3.85. The molecule has 3 aromatic rings. The molecule has 1 aliphatic carbocycles. The van der Waals surface area contributed by atoms with Crippen molar-refractivity contribution in [1.29, 1.82) is 0 Å². The Morgan fingerprint density at radius 2 is 1.66 bits per heavy atom. The van der Waals surface area contributed by atoms with Gasteiger partial charge in [-0.1, -0.05) is 73.7 Å². The van der Waals surface area contributed by atoms with Crippen molar-refractivity contribution in [3.8, 4) is 5.75 Å². The first-order chi connectivity index (χ1) is 15.6. The number of hydrogen-bond donors (Lipinski definition) is 1. The van der Waals surface area contributed by atoms with Crippen molar-refractivity contribution in [1.82, 2.24) is 0 Å². The minimum Gasteiger partial charge on any atom is -0.497 e. The van der Waals surface area contributed by atoms with E-state index < -0.39 is 5.97 Å². The third-order valence-corrected chi connectivity index (χ3v) is 5.80. The lowest BCUT2D eigenvalue weighted by Gasteiger charge is -2.18. The molecular formula is C29H26O3. The Morgan fingerprint density at radius 1 is 0.969 bits per heavy atom. The number of benzene rings is 3. The Labute approximate surface area is 189 Å². The van der Waals surface area contributed by atoms with Crippen LogP contribution in [-0.2, 0) is 11.2 Å². The van der Waals surface area contributed by atoms with Crippen LogP contribution >= 0.6 is 0 Å². The molecule has 0 radical (unpaired) electrons. The van der Waals surface area contributed by atoms with Gasteiger partial charge in [-0.2, -0.15) is 0 Å². The van der Waals surface area contributed by atoms with Gasteiger partial charge in [-0.3, -0.25) is 0 Å². The number of carbonyl (C=O) groups is 1. The summed E-state index contributed by atoms with van der Waals surface area (Å²) in [5, 5.41) is 8.90. The number of allylic oxidation sites excluding steroid dienone is 3. The molecule has 4 rings (SSSR count). The minimum atomic E-state index is -0.948. The number of aliphatic carboxylic acids is 1. The van der Waals surface area contributed by atoms with Crippen LogP contribution in [0.1, 0.15) is 41.2 Å². The van der Waals surface area contributed by atoms with Crippen LogP contribution in [0.5, 0.6) is 5.75 Å². The zero-order chi connectivity index (χ0) is 22.5. The smallest absolute Gasteiger partial charge is 0.328 e. The molecular weight excluding hydrogens is 396 g/mol. The summed E-state index contributed by atoms with van der Waals surface area (Å²) in [4.78, 5) is 10.8. The second kappa shape index (κ2) is 9.52. The van der Waals surface area contributed by atoms with Crippen molar-refractivity contribution in [2.45, 2.75) is 19.8 Å². The number of methoxy groups -OCH3 is 1. The van der Waals surface area contributed by atoms with Crippen LogP contribution in [0.2, 0.25) is 0 Å². The second-order valence-electron chi connectivity index (χ2n) is 7.77. The average molecular weight is 423 g/mol. The van der Waals surface area contributed by atoms with Gasteiger partial charge in [0.05, 0.1) is 7.11 Å². The van der Waals surface area contributed by atoms with Crippen molar-refractivity contribution < 1.29 is 14.6 Å². The fraction of sp³-hybridized carbons (Fsp3) is 0.138. The summed E-state index contributed by atoms with van der Waals surface area (Å²) < 4.78 is 5.35. The van der Waals surface area contributed by atoms with Gasteiger partial charge in [-0.15, -0.1) is 0 Å². The molecule has 0 heterocycles. The highest BCUT2D eigenvalue weighted by atomic mass is 16.5. The first-order valence-corrected chi connectivity index (χ1v) is 10.8. The Kier molecular flexibility index (Phi) is 6.37. The standard InChI is InChI=1S/C29H26O3/c1-3-27(21-13-15-26(32-2)16-14-21)29(25-18-23-6-4-5-7-24(23)19-25)22-11-8-20(9-12-22)10-17-28(30)31/h4-18H,3,19H2,1-2H3,(H,30,31)/b17-10+,29-27+. The highest BCUT2D eigenvalue weighted by Gasteiger charge is 2.20. The molecule has 0 saturated heterocycles. The van der Waals surface area contributed by atoms with Gasteiger partial charge in [0.25, 0.3) is 0 Å². The van der Waals surface area contributed by atoms with Crippen molar-refractivity contribution in [2.24, 2.45) is 0 Å². The predicted octanol–water partition coefficient (Wildman–Crippen LogP) is 6.75. The normalized spacial score (nSPS) is 13.5. The molecule has 0 bridgehead atoms. The van der Waals surface area contributed by atoms with Gasteiger partial charge in [0.1, 0.15) is 5.75 Å². The summed E-state index contributed by atoms with van der Waals surface area (Å²) >= 11 is 0. The molecule has 0 spiro atoms. The summed E-state index contributed by atoms with van der Waals surface area (Å²) in [6, 6.07) is 24.9. The number of ether oxygens (including phenoxy) is 1. The molecule has 1 aliphatic rings. The van der Waals surface area contributed by atoms with E-state index in [4.69, 9.17) is 9.84 Å². The lowest BCUT2D eigenvalue weighted by atomic mass is 9.87. The van der Waals surface area contributed by atoms with E-state index in [1.165, 1.54) is 33.4 Å². The van der Waals surface area contributed by atoms with Crippen LogP contribution in [0.25, 0.3) is 23.3 Å². The molecule has 3 aromatic carbocycles. The van der Waals surface area contributed by atoms with Gasteiger partial charge in [-0.05, 0) is 75.6 Å². The summed E-state index contributed by atoms with van der Waals surface area (Å²) in [6.07, 6.45) is 6.85. The minimum absolute atomic E-state index is 0.841. The van der Waals surface area contributed by atoms with Crippen molar-refractivity contribution in [3.63, 3.8) is 0 Å². The summed E-state index contributed by atoms with van der Waals surface area (Å²) in [7, 11) is 1.68. The molecule has 32 heavy (non-hydrogen) atoms. The van der Waals surface area contributed by atoms with E-state index in [1.807, 2.05) is 24.3 Å². The van der Waals surface area contributed by atoms with Crippen LogP contribution in [0.4, 0.5) is 0 Å². The lowest BCUT2D eigenvalue weighted by molar-refractivity contribution is -0.131. The molecule has 0 aliphatic heterocycles. The Morgan fingerprint density at radius 3 is 2.28 bits per heavy atom. The number of carboxylic acid groups (broad SMARTS) is 1. The van der Waals surface area contributed by atoms with Crippen LogP contribution in [-0.4, -0.2) is 18.2 Å². The van der Waals surface area contributed by atoms with E-state index >= 15 is 0 Å². The molecule has 0 amide bonds. The number of hydrogen-bond acceptors (Lipinski definition) is 2. The van der Waals surface area contributed by atoms with Crippen LogP contribution in [0, 0.1) is 0 Å². The van der Waals surface area contributed by atoms with Gasteiger partial charge in [0.15, 0.2) is 0 Å². The largest absolute Gasteiger partial charge is 0.497 e. The summed E-state index contributed by atoms with van der Waals surface area (Å²) in [5.74, 6) is -0.107. The molecule has 0 atom stereocenters. The summed E-state index contributed by atoms with van der Waals surface area (Å²) in [5.41, 5.74) is 9.59. The zero-order valence-electron chi connectivity index (χ0n) is 18.3. The third-order valence-electron chi connectivity index (χ3n) is 5.80. The van der Waals surface area contributed by atoms with Gasteiger partial charge in [-0.25, -0.2) is 4.79 Å². The van der Waals surface area contributed by atoms with Gasteiger partial charge < -0.3 is 9.84 Å². The average Bonchev–Trinajstić information content (AvgIpc) is 3.25. The topological polar surface area (TPSA) is 46.5 Å².